The summed E-state index contributed by atoms with van der Waals surface area (Å²) in [5.41, 5.74) is -0.157. The second-order valence-electron chi connectivity index (χ2n) is 5.57. The van der Waals surface area contributed by atoms with Gasteiger partial charge in [-0.2, -0.15) is 0 Å². The standard InChI is InChI=1S/C12H23N3O/c1-10-8-15(7-6-14(10)3)11(16)12(2)4-5-13-9-12/h10,13H,4-9H2,1-3H3. The number of nitrogens with zero attached hydrogens (tertiary/aromatic N) is 2. The maximum Gasteiger partial charge on any atom is 0.229 e. The van der Waals surface area contributed by atoms with Crippen molar-refractivity contribution in [3.8, 4) is 0 Å². The molecule has 0 radical (unpaired) electrons. The minimum absolute atomic E-state index is 0.157. The van der Waals surface area contributed by atoms with Crippen molar-refractivity contribution in [1.29, 1.82) is 0 Å². The van der Waals surface area contributed by atoms with Gasteiger partial charge in [0.2, 0.25) is 5.91 Å². The van der Waals surface area contributed by atoms with E-state index in [4.69, 9.17) is 0 Å². The second-order valence-corrected chi connectivity index (χ2v) is 5.57. The van der Waals surface area contributed by atoms with Crippen molar-refractivity contribution in [3.05, 3.63) is 0 Å². The number of likely N-dealkylation sites (N-methyl/N-ethyl adjacent to an activating group) is 1. The largest absolute Gasteiger partial charge is 0.339 e. The lowest BCUT2D eigenvalue weighted by Crippen LogP contribution is -2.55. The summed E-state index contributed by atoms with van der Waals surface area (Å²) in [5.74, 6) is 0.345. The van der Waals surface area contributed by atoms with Crippen LogP contribution in [0.2, 0.25) is 0 Å². The van der Waals surface area contributed by atoms with Gasteiger partial charge in [0, 0.05) is 32.2 Å². The summed E-state index contributed by atoms with van der Waals surface area (Å²) in [5, 5.41) is 3.29. The molecule has 0 aromatic carbocycles. The number of piperazine rings is 1. The van der Waals surface area contributed by atoms with Crippen LogP contribution in [0.3, 0.4) is 0 Å². The summed E-state index contributed by atoms with van der Waals surface area (Å²) in [7, 11) is 2.13. The Labute approximate surface area is 98.0 Å². The van der Waals surface area contributed by atoms with E-state index in [0.717, 1.165) is 39.1 Å². The number of carbonyl (C=O) groups is 1. The first kappa shape index (κ1) is 11.9. The van der Waals surface area contributed by atoms with Gasteiger partial charge in [-0.3, -0.25) is 4.79 Å². The van der Waals surface area contributed by atoms with Crippen LogP contribution >= 0.6 is 0 Å². The molecule has 2 atom stereocenters. The second kappa shape index (κ2) is 4.34. The van der Waals surface area contributed by atoms with Gasteiger partial charge in [-0.15, -0.1) is 0 Å². The Morgan fingerprint density at radius 3 is 2.75 bits per heavy atom. The molecule has 2 heterocycles. The molecule has 1 N–H and O–H groups in total. The molecule has 1 amide bonds. The molecule has 0 spiro atoms. The van der Waals surface area contributed by atoms with Crippen molar-refractivity contribution in [2.45, 2.75) is 26.3 Å². The molecule has 16 heavy (non-hydrogen) atoms. The van der Waals surface area contributed by atoms with Gasteiger partial charge in [0.1, 0.15) is 0 Å². The number of hydrogen-bond acceptors (Lipinski definition) is 3. The molecule has 0 saturated carbocycles. The van der Waals surface area contributed by atoms with Crippen LogP contribution < -0.4 is 5.32 Å². The minimum Gasteiger partial charge on any atom is -0.339 e. The molecule has 2 aliphatic heterocycles. The molecule has 0 bridgehead atoms. The molecular weight excluding hydrogens is 202 g/mol. The zero-order valence-corrected chi connectivity index (χ0v) is 10.6. The van der Waals surface area contributed by atoms with Gasteiger partial charge in [0.05, 0.1) is 5.41 Å². The van der Waals surface area contributed by atoms with Crippen molar-refractivity contribution in [3.63, 3.8) is 0 Å². The topological polar surface area (TPSA) is 35.6 Å². The summed E-state index contributed by atoms with van der Waals surface area (Å²) in [6.45, 7) is 8.86. The van der Waals surface area contributed by atoms with Crippen LogP contribution in [0.4, 0.5) is 0 Å². The molecular formula is C12H23N3O. The van der Waals surface area contributed by atoms with Gasteiger partial charge < -0.3 is 15.1 Å². The van der Waals surface area contributed by atoms with E-state index in [1.54, 1.807) is 0 Å². The van der Waals surface area contributed by atoms with Gasteiger partial charge in [-0.05, 0) is 33.9 Å². The maximum atomic E-state index is 12.4. The minimum atomic E-state index is -0.157. The van der Waals surface area contributed by atoms with Crippen LogP contribution in [0.1, 0.15) is 20.3 Å². The van der Waals surface area contributed by atoms with Crippen molar-refractivity contribution >= 4 is 5.91 Å². The number of carbonyl (C=O) groups excluding carboxylic acids is 1. The quantitative estimate of drug-likeness (QED) is 0.690. The van der Waals surface area contributed by atoms with Gasteiger partial charge in [-0.1, -0.05) is 0 Å². The third-order valence-electron chi connectivity index (χ3n) is 4.13. The van der Waals surface area contributed by atoms with E-state index in [9.17, 15) is 4.79 Å². The van der Waals surface area contributed by atoms with E-state index in [0.29, 0.717) is 11.9 Å². The van der Waals surface area contributed by atoms with Crippen LogP contribution in [0.5, 0.6) is 0 Å². The fourth-order valence-corrected chi connectivity index (χ4v) is 2.61. The Kier molecular flexibility index (Phi) is 3.22. The SMILES string of the molecule is CC1CN(C(=O)C2(C)CCNC2)CCN1C. The highest BCUT2D eigenvalue weighted by molar-refractivity contribution is 5.83. The summed E-state index contributed by atoms with van der Waals surface area (Å²) in [6, 6.07) is 0.482. The average Bonchev–Trinajstić information content (AvgIpc) is 2.70. The van der Waals surface area contributed by atoms with E-state index < -0.39 is 0 Å². The van der Waals surface area contributed by atoms with Crippen LogP contribution in [-0.4, -0.2) is 61.5 Å². The fraction of sp³-hybridized carbons (Fsp3) is 0.917. The highest BCUT2D eigenvalue weighted by Gasteiger charge is 2.40. The predicted molar refractivity (Wildman–Crippen MR) is 64.3 cm³/mol. The normalized spacial score (nSPS) is 36.7. The molecule has 2 unspecified atom stereocenters. The third-order valence-corrected chi connectivity index (χ3v) is 4.13. The first-order chi connectivity index (χ1) is 7.53. The molecule has 0 aromatic rings. The van der Waals surface area contributed by atoms with E-state index in [1.165, 1.54) is 0 Å². The van der Waals surface area contributed by atoms with Crippen molar-refractivity contribution in [2.75, 3.05) is 39.8 Å². The van der Waals surface area contributed by atoms with Crippen molar-refractivity contribution in [2.24, 2.45) is 5.41 Å². The van der Waals surface area contributed by atoms with Gasteiger partial charge >= 0.3 is 0 Å². The van der Waals surface area contributed by atoms with Crippen LogP contribution in [0.25, 0.3) is 0 Å². The van der Waals surface area contributed by atoms with E-state index in [1.807, 2.05) is 0 Å². The van der Waals surface area contributed by atoms with Crippen molar-refractivity contribution in [1.82, 2.24) is 15.1 Å². The van der Waals surface area contributed by atoms with Crippen LogP contribution in [0, 0.1) is 5.41 Å². The Morgan fingerprint density at radius 2 is 2.19 bits per heavy atom. The summed E-state index contributed by atoms with van der Waals surface area (Å²) >= 11 is 0. The Bertz CT molecular complexity index is 273. The fourth-order valence-electron chi connectivity index (χ4n) is 2.61. The third kappa shape index (κ3) is 2.09. The molecule has 92 valence electrons. The number of amides is 1. The Hall–Kier alpha value is -0.610. The zero-order valence-electron chi connectivity index (χ0n) is 10.6. The maximum absolute atomic E-state index is 12.4. The highest BCUT2D eigenvalue weighted by Crippen LogP contribution is 2.28. The van der Waals surface area contributed by atoms with Crippen LogP contribution in [0.15, 0.2) is 0 Å². The van der Waals surface area contributed by atoms with Gasteiger partial charge in [-0.25, -0.2) is 0 Å². The molecule has 2 aliphatic rings. The zero-order chi connectivity index (χ0) is 11.8. The molecule has 0 aliphatic carbocycles. The molecule has 4 nitrogen and oxygen atoms in total. The predicted octanol–water partition coefficient (Wildman–Crippen LogP) is 0.149. The molecule has 0 aromatic heterocycles. The number of rotatable bonds is 1. The lowest BCUT2D eigenvalue weighted by molar-refractivity contribution is -0.142. The highest BCUT2D eigenvalue weighted by atomic mass is 16.2. The summed E-state index contributed by atoms with van der Waals surface area (Å²) in [6.07, 6.45) is 0.979. The molecule has 2 rings (SSSR count). The molecule has 4 heteroatoms. The Balaban J connectivity index is 2.00. The smallest absolute Gasteiger partial charge is 0.229 e. The summed E-state index contributed by atoms with van der Waals surface area (Å²) in [4.78, 5) is 16.8. The number of nitrogens with one attached hydrogen (secondary N) is 1. The number of hydrogen-bond donors (Lipinski definition) is 1. The van der Waals surface area contributed by atoms with Gasteiger partial charge in [0.25, 0.3) is 0 Å². The lowest BCUT2D eigenvalue weighted by Gasteiger charge is -2.40. The molecule has 2 saturated heterocycles. The van der Waals surface area contributed by atoms with E-state index in [2.05, 4.69) is 36.0 Å². The van der Waals surface area contributed by atoms with E-state index in [-0.39, 0.29) is 5.41 Å². The average molecular weight is 225 g/mol. The van der Waals surface area contributed by atoms with Crippen molar-refractivity contribution < 1.29 is 4.79 Å². The lowest BCUT2D eigenvalue weighted by atomic mass is 9.87. The monoisotopic (exact) mass is 225 g/mol. The van der Waals surface area contributed by atoms with Crippen LogP contribution in [-0.2, 0) is 4.79 Å². The van der Waals surface area contributed by atoms with Gasteiger partial charge in [0.15, 0.2) is 0 Å². The first-order valence-electron chi connectivity index (χ1n) is 6.23. The van der Waals surface area contributed by atoms with E-state index >= 15 is 0 Å². The summed E-state index contributed by atoms with van der Waals surface area (Å²) < 4.78 is 0. The first-order valence-corrected chi connectivity index (χ1v) is 6.23. The Morgan fingerprint density at radius 1 is 1.44 bits per heavy atom. The molecule has 2 fully saturated rings.